The molecule has 2 aromatic heterocycles. The summed E-state index contributed by atoms with van der Waals surface area (Å²) in [5.41, 5.74) is 3.38. The van der Waals surface area contributed by atoms with Crippen molar-refractivity contribution < 1.29 is 0 Å². The lowest BCUT2D eigenvalue weighted by Crippen LogP contribution is -2.17. The fourth-order valence-electron chi connectivity index (χ4n) is 2.36. The fourth-order valence-corrected chi connectivity index (χ4v) is 2.56. The van der Waals surface area contributed by atoms with Crippen LogP contribution in [-0.4, -0.2) is 16.7 Å². The van der Waals surface area contributed by atoms with Crippen molar-refractivity contribution in [3.05, 3.63) is 71.0 Å². The summed E-state index contributed by atoms with van der Waals surface area (Å²) in [4.78, 5) is 0. The lowest BCUT2D eigenvalue weighted by molar-refractivity contribution is 0.696. The number of fused-ring (bicyclic) bond motifs is 1. The highest BCUT2D eigenvalue weighted by atomic mass is 35.5. The van der Waals surface area contributed by atoms with Crippen LogP contribution in [-0.2, 0) is 0 Å². The van der Waals surface area contributed by atoms with Crippen molar-refractivity contribution in [2.45, 2.75) is 6.04 Å². The molecule has 2 heterocycles. The first kappa shape index (κ1) is 12.2. The predicted octanol–water partition coefficient (Wildman–Crippen LogP) is 3.30. The molecule has 1 aromatic carbocycles. The largest absolute Gasteiger partial charge is 0.309 e. The first-order valence-corrected chi connectivity index (χ1v) is 6.52. The highest BCUT2D eigenvalue weighted by molar-refractivity contribution is 6.30. The Morgan fingerprint density at radius 2 is 2.11 bits per heavy atom. The number of nitrogens with zero attached hydrogens (tertiary/aromatic N) is 2. The van der Waals surface area contributed by atoms with Crippen LogP contribution in [0.1, 0.15) is 17.2 Å². The molecule has 0 radical (unpaired) electrons. The zero-order valence-corrected chi connectivity index (χ0v) is 11.3. The molecule has 19 heavy (non-hydrogen) atoms. The van der Waals surface area contributed by atoms with Crippen LogP contribution >= 0.6 is 11.6 Å². The van der Waals surface area contributed by atoms with Crippen LogP contribution in [0.15, 0.2) is 54.9 Å². The maximum Gasteiger partial charge on any atom is 0.0712 e. The lowest BCUT2D eigenvalue weighted by Gasteiger charge is -2.16. The van der Waals surface area contributed by atoms with Gasteiger partial charge >= 0.3 is 0 Å². The number of benzene rings is 1. The van der Waals surface area contributed by atoms with Gasteiger partial charge in [0.1, 0.15) is 0 Å². The predicted molar refractivity (Wildman–Crippen MR) is 77.5 cm³/mol. The Kier molecular flexibility index (Phi) is 3.23. The molecule has 4 heteroatoms. The second kappa shape index (κ2) is 5.03. The van der Waals surface area contributed by atoms with Crippen molar-refractivity contribution in [1.82, 2.24) is 14.9 Å². The summed E-state index contributed by atoms with van der Waals surface area (Å²) in [6.07, 6.45) is 3.85. The first-order chi connectivity index (χ1) is 9.29. The van der Waals surface area contributed by atoms with Crippen LogP contribution in [0.4, 0.5) is 0 Å². The molecule has 1 unspecified atom stereocenters. The number of halogens is 1. The standard InChI is InChI=1S/C15H14ClN3/c1-17-15(11-5-4-6-12(16)9-11)13-10-18-19-8-3-2-7-14(13)19/h2-10,15,17H,1H3. The van der Waals surface area contributed by atoms with Gasteiger partial charge in [-0.25, -0.2) is 4.52 Å². The minimum Gasteiger partial charge on any atom is -0.309 e. The van der Waals surface area contributed by atoms with E-state index in [0.717, 1.165) is 21.7 Å². The number of nitrogens with one attached hydrogen (secondary N) is 1. The highest BCUT2D eigenvalue weighted by Crippen LogP contribution is 2.26. The molecular weight excluding hydrogens is 258 g/mol. The lowest BCUT2D eigenvalue weighted by atomic mass is 10.0. The number of hydrogen-bond acceptors (Lipinski definition) is 2. The van der Waals surface area contributed by atoms with Crippen LogP contribution in [0.3, 0.4) is 0 Å². The Labute approximate surface area is 116 Å². The Hall–Kier alpha value is -1.84. The summed E-state index contributed by atoms with van der Waals surface area (Å²) in [5.74, 6) is 0. The zero-order valence-electron chi connectivity index (χ0n) is 10.5. The van der Waals surface area contributed by atoms with Crippen molar-refractivity contribution >= 4 is 17.1 Å². The third kappa shape index (κ3) is 2.23. The van der Waals surface area contributed by atoms with E-state index in [9.17, 15) is 0 Å². The molecule has 0 fully saturated rings. The van der Waals surface area contributed by atoms with Gasteiger partial charge in [-0.05, 0) is 36.9 Å². The van der Waals surface area contributed by atoms with E-state index in [-0.39, 0.29) is 6.04 Å². The molecule has 0 bridgehead atoms. The summed E-state index contributed by atoms with van der Waals surface area (Å²) in [6.45, 7) is 0. The van der Waals surface area contributed by atoms with E-state index in [4.69, 9.17) is 11.6 Å². The van der Waals surface area contributed by atoms with E-state index >= 15 is 0 Å². The number of hydrogen-bond donors (Lipinski definition) is 1. The average molecular weight is 272 g/mol. The second-order valence-electron chi connectivity index (χ2n) is 4.41. The van der Waals surface area contributed by atoms with Gasteiger partial charge in [-0.1, -0.05) is 29.8 Å². The maximum atomic E-state index is 6.08. The van der Waals surface area contributed by atoms with E-state index in [1.807, 2.05) is 54.3 Å². The van der Waals surface area contributed by atoms with Crippen molar-refractivity contribution in [1.29, 1.82) is 0 Å². The Morgan fingerprint density at radius 1 is 1.21 bits per heavy atom. The summed E-state index contributed by atoms with van der Waals surface area (Å²) >= 11 is 6.08. The Bertz CT molecular complexity index is 705. The minimum absolute atomic E-state index is 0.0820. The fraction of sp³-hybridized carbons (Fsp3) is 0.133. The summed E-state index contributed by atoms with van der Waals surface area (Å²) < 4.78 is 1.88. The molecule has 3 aromatic rings. The maximum absolute atomic E-state index is 6.08. The van der Waals surface area contributed by atoms with Crippen LogP contribution < -0.4 is 5.32 Å². The number of rotatable bonds is 3. The van der Waals surface area contributed by atoms with Gasteiger partial charge in [-0.3, -0.25) is 0 Å². The molecule has 0 saturated carbocycles. The van der Waals surface area contributed by atoms with Crippen LogP contribution in [0.2, 0.25) is 5.02 Å². The van der Waals surface area contributed by atoms with Gasteiger partial charge in [-0.15, -0.1) is 0 Å². The molecule has 0 aliphatic carbocycles. The molecule has 1 N–H and O–H groups in total. The van der Waals surface area contributed by atoms with Crippen LogP contribution in [0.25, 0.3) is 5.52 Å². The molecule has 0 aliphatic heterocycles. The van der Waals surface area contributed by atoms with Crippen molar-refractivity contribution in [2.24, 2.45) is 0 Å². The molecule has 0 spiro atoms. The van der Waals surface area contributed by atoms with Gasteiger partial charge < -0.3 is 5.32 Å². The zero-order chi connectivity index (χ0) is 13.2. The van der Waals surface area contributed by atoms with E-state index in [1.165, 1.54) is 0 Å². The minimum atomic E-state index is 0.0820. The SMILES string of the molecule is CNC(c1cccc(Cl)c1)c1cnn2ccccc12. The molecule has 1 atom stereocenters. The first-order valence-electron chi connectivity index (χ1n) is 6.14. The summed E-state index contributed by atoms with van der Waals surface area (Å²) in [6, 6.07) is 14.0. The average Bonchev–Trinajstić information content (AvgIpc) is 2.84. The van der Waals surface area contributed by atoms with Gasteiger partial charge in [0.2, 0.25) is 0 Å². The summed E-state index contributed by atoms with van der Waals surface area (Å²) in [5, 5.41) is 8.45. The molecule has 96 valence electrons. The molecule has 3 nitrogen and oxygen atoms in total. The third-order valence-electron chi connectivity index (χ3n) is 3.24. The molecule has 0 saturated heterocycles. The van der Waals surface area contributed by atoms with E-state index in [1.54, 1.807) is 0 Å². The van der Waals surface area contributed by atoms with E-state index in [2.05, 4.69) is 22.5 Å². The van der Waals surface area contributed by atoms with Gasteiger partial charge in [0.05, 0.1) is 17.8 Å². The Balaban J connectivity index is 2.12. The number of aromatic nitrogens is 2. The topological polar surface area (TPSA) is 29.3 Å². The molecule has 0 amide bonds. The van der Waals surface area contributed by atoms with Crippen LogP contribution in [0, 0.1) is 0 Å². The van der Waals surface area contributed by atoms with Gasteiger partial charge in [-0.2, -0.15) is 5.10 Å². The third-order valence-corrected chi connectivity index (χ3v) is 3.47. The molecule has 3 rings (SSSR count). The molecular formula is C15H14ClN3. The van der Waals surface area contributed by atoms with E-state index < -0.39 is 0 Å². The second-order valence-corrected chi connectivity index (χ2v) is 4.84. The normalized spacial score (nSPS) is 12.7. The van der Waals surface area contributed by atoms with Gasteiger partial charge in [0.15, 0.2) is 0 Å². The van der Waals surface area contributed by atoms with Crippen molar-refractivity contribution in [2.75, 3.05) is 7.05 Å². The smallest absolute Gasteiger partial charge is 0.0712 e. The quantitative estimate of drug-likeness (QED) is 0.792. The van der Waals surface area contributed by atoms with Gasteiger partial charge in [0, 0.05) is 16.8 Å². The summed E-state index contributed by atoms with van der Waals surface area (Å²) in [7, 11) is 1.94. The van der Waals surface area contributed by atoms with Crippen molar-refractivity contribution in [3.8, 4) is 0 Å². The Morgan fingerprint density at radius 3 is 2.89 bits per heavy atom. The van der Waals surface area contributed by atoms with Crippen molar-refractivity contribution in [3.63, 3.8) is 0 Å². The van der Waals surface area contributed by atoms with Crippen LogP contribution in [0.5, 0.6) is 0 Å². The highest BCUT2D eigenvalue weighted by Gasteiger charge is 2.16. The number of pyridine rings is 1. The van der Waals surface area contributed by atoms with Gasteiger partial charge in [0.25, 0.3) is 0 Å². The molecule has 0 aliphatic rings. The van der Waals surface area contributed by atoms with E-state index in [0.29, 0.717) is 0 Å². The monoisotopic (exact) mass is 271 g/mol.